The summed E-state index contributed by atoms with van der Waals surface area (Å²) >= 11 is 0. The summed E-state index contributed by atoms with van der Waals surface area (Å²) in [6, 6.07) is 4.22. The molecule has 7 heteroatoms. The number of nitrogens with zero attached hydrogens (tertiary/aromatic N) is 4. The molecule has 3 rings (SSSR count). The Bertz CT molecular complexity index is 807. The van der Waals surface area contributed by atoms with Crippen molar-refractivity contribution in [2.24, 2.45) is 18.0 Å². The number of aliphatic imine (C=N–C) groups is 1. The Labute approximate surface area is 167 Å². The summed E-state index contributed by atoms with van der Waals surface area (Å²) in [7, 11) is 3.77. The Morgan fingerprint density at radius 3 is 2.71 bits per heavy atom. The van der Waals surface area contributed by atoms with E-state index in [1.165, 1.54) is 24.1 Å². The van der Waals surface area contributed by atoms with Gasteiger partial charge in [-0.1, -0.05) is 6.07 Å². The molecule has 2 heterocycles. The first kappa shape index (κ1) is 20.2. The second-order valence-electron chi connectivity index (χ2n) is 7.71. The summed E-state index contributed by atoms with van der Waals surface area (Å²) in [5.74, 6) is 2.22. The lowest BCUT2D eigenvalue weighted by atomic mass is 10.1. The third-order valence-corrected chi connectivity index (χ3v) is 5.20. The van der Waals surface area contributed by atoms with Crippen molar-refractivity contribution in [2.75, 3.05) is 13.7 Å². The molecule has 0 spiro atoms. The van der Waals surface area contributed by atoms with Crippen LogP contribution in [-0.4, -0.2) is 40.4 Å². The van der Waals surface area contributed by atoms with Gasteiger partial charge in [0.1, 0.15) is 0 Å². The summed E-state index contributed by atoms with van der Waals surface area (Å²) in [5.41, 5.74) is 4.69. The van der Waals surface area contributed by atoms with Crippen molar-refractivity contribution in [3.63, 3.8) is 0 Å². The van der Waals surface area contributed by atoms with Crippen LogP contribution in [0, 0.1) is 19.8 Å². The molecule has 1 unspecified atom stereocenters. The Morgan fingerprint density at radius 1 is 1.36 bits per heavy atom. The summed E-state index contributed by atoms with van der Waals surface area (Å²) in [4.78, 5) is 8.73. The van der Waals surface area contributed by atoms with Crippen molar-refractivity contribution in [3.05, 3.63) is 40.8 Å². The molecule has 1 aliphatic carbocycles. The van der Waals surface area contributed by atoms with Crippen LogP contribution < -0.4 is 15.4 Å². The first-order valence-corrected chi connectivity index (χ1v) is 10.00. The van der Waals surface area contributed by atoms with Gasteiger partial charge < -0.3 is 15.4 Å². The lowest BCUT2D eigenvalue weighted by Gasteiger charge is -2.18. The largest absolute Gasteiger partial charge is 0.477 e. The molecule has 7 nitrogen and oxygen atoms in total. The molecule has 28 heavy (non-hydrogen) atoms. The number of guanidine groups is 1. The van der Waals surface area contributed by atoms with E-state index in [4.69, 9.17) is 4.74 Å². The number of aryl methyl sites for hydroxylation is 2. The van der Waals surface area contributed by atoms with Crippen LogP contribution in [0.4, 0.5) is 0 Å². The van der Waals surface area contributed by atoms with Crippen LogP contribution in [0.5, 0.6) is 5.88 Å². The fraction of sp³-hybridized carbons (Fsp3) is 0.571. The van der Waals surface area contributed by atoms with E-state index in [0.29, 0.717) is 12.4 Å². The Hall–Kier alpha value is -2.57. The van der Waals surface area contributed by atoms with Gasteiger partial charge in [-0.3, -0.25) is 9.67 Å². The van der Waals surface area contributed by atoms with Crippen LogP contribution in [0.2, 0.25) is 0 Å². The van der Waals surface area contributed by atoms with E-state index in [-0.39, 0.29) is 6.04 Å². The smallest absolute Gasteiger partial charge is 0.213 e. The number of ether oxygens (including phenoxy) is 1. The molecule has 0 bridgehead atoms. The first-order chi connectivity index (χ1) is 13.5. The summed E-state index contributed by atoms with van der Waals surface area (Å²) in [6.45, 7) is 7.78. The zero-order valence-electron chi connectivity index (χ0n) is 17.6. The summed E-state index contributed by atoms with van der Waals surface area (Å²) < 4.78 is 7.63. The summed E-state index contributed by atoms with van der Waals surface area (Å²) in [6.07, 6.45) is 5.33. The maximum atomic E-state index is 5.69. The molecule has 1 saturated carbocycles. The van der Waals surface area contributed by atoms with E-state index in [9.17, 15) is 0 Å². The predicted molar refractivity (Wildman–Crippen MR) is 112 cm³/mol. The highest BCUT2D eigenvalue weighted by molar-refractivity contribution is 5.79. The zero-order chi connectivity index (χ0) is 20.1. The van der Waals surface area contributed by atoms with Crippen molar-refractivity contribution in [2.45, 2.75) is 52.6 Å². The maximum Gasteiger partial charge on any atom is 0.213 e. The molecule has 0 saturated heterocycles. The molecule has 0 aliphatic heterocycles. The number of hydrogen-bond acceptors (Lipinski definition) is 4. The second kappa shape index (κ2) is 9.08. The molecule has 1 atom stereocenters. The van der Waals surface area contributed by atoms with Gasteiger partial charge in [0.15, 0.2) is 5.96 Å². The van der Waals surface area contributed by atoms with Crippen LogP contribution >= 0.6 is 0 Å². The van der Waals surface area contributed by atoms with Gasteiger partial charge in [0.05, 0.1) is 12.3 Å². The first-order valence-electron chi connectivity index (χ1n) is 10.00. The quantitative estimate of drug-likeness (QED) is 0.540. The highest BCUT2D eigenvalue weighted by Crippen LogP contribution is 2.29. The Morgan fingerprint density at radius 2 is 2.14 bits per heavy atom. The SMILES string of the molecule is CN=C(NCc1ccc(OCC2CC2)nc1)NC(C)Cc1c(C)nn(C)c1C. The highest BCUT2D eigenvalue weighted by atomic mass is 16.5. The topological polar surface area (TPSA) is 76.4 Å². The molecule has 1 aliphatic rings. The normalized spacial score (nSPS) is 15.4. The van der Waals surface area contributed by atoms with Crippen LogP contribution in [0.25, 0.3) is 0 Å². The van der Waals surface area contributed by atoms with Gasteiger partial charge in [0.2, 0.25) is 5.88 Å². The minimum absolute atomic E-state index is 0.240. The third kappa shape index (κ3) is 5.47. The standard InChI is InChI=1S/C21H32N6O/c1-14(10-19-15(2)26-27(5)16(19)3)25-21(22-4)24-12-18-8-9-20(23-11-18)28-13-17-6-7-17/h8-9,11,14,17H,6-7,10,12-13H2,1-5H3,(H2,22,24,25). The Balaban J connectivity index is 1.47. The number of aromatic nitrogens is 3. The van der Waals surface area contributed by atoms with Gasteiger partial charge in [-0.05, 0) is 57.1 Å². The van der Waals surface area contributed by atoms with E-state index in [2.05, 4.69) is 46.5 Å². The van der Waals surface area contributed by atoms with E-state index < -0.39 is 0 Å². The third-order valence-electron chi connectivity index (χ3n) is 5.20. The van der Waals surface area contributed by atoms with Crippen molar-refractivity contribution < 1.29 is 4.74 Å². The maximum absolute atomic E-state index is 5.69. The predicted octanol–water partition coefficient (Wildman–Crippen LogP) is 2.52. The minimum Gasteiger partial charge on any atom is -0.477 e. The van der Waals surface area contributed by atoms with Crippen molar-refractivity contribution >= 4 is 5.96 Å². The van der Waals surface area contributed by atoms with Gasteiger partial charge in [0, 0.05) is 44.6 Å². The van der Waals surface area contributed by atoms with Crippen LogP contribution in [0.3, 0.4) is 0 Å². The average molecular weight is 385 g/mol. The zero-order valence-corrected chi connectivity index (χ0v) is 17.6. The molecule has 152 valence electrons. The van der Waals surface area contributed by atoms with Crippen LogP contribution in [0.1, 0.15) is 42.3 Å². The van der Waals surface area contributed by atoms with Crippen LogP contribution in [0.15, 0.2) is 23.3 Å². The molecular formula is C21H32N6O. The fourth-order valence-electron chi connectivity index (χ4n) is 3.17. The van der Waals surface area contributed by atoms with E-state index in [1.54, 1.807) is 7.05 Å². The number of rotatable bonds is 8. The molecule has 2 aromatic heterocycles. The summed E-state index contributed by atoms with van der Waals surface area (Å²) in [5, 5.41) is 11.3. The lowest BCUT2D eigenvalue weighted by molar-refractivity contribution is 0.288. The molecule has 2 N–H and O–H groups in total. The molecule has 0 amide bonds. The molecule has 1 fully saturated rings. The minimum atomic E-state index is 0.240. The number of nitrogens with one attached hydrogen (secondary N) is 2. The molecule has 0 radical (unpaired) electrons. The van der Waals surface area contributed by atoms with Gasteiger partial charge in [-0.15, -0.1) is 0 Å². The Kier molecular flexibility index (Phi) is 6.54. The van der Waals surface area contributed by atoms with Crippen molar-refractivity contribution in [3.8, 4) is 5.88 Å². The average Bonchev–Trinajstić information content (AvgIpc) is 3.48. The molecule has 2 aromatic rings. The molecular weight excluding hydrogens is 352 g/mol. The lowest BCUT2D eigenvalue weighted by Crippen LogP contribution is -2.42. The van der Waals surface area contributed by atoms with Gasteiger partial charge >= 0.3 is 0 Å². The van der Waals surface area contributed by atoms with Gasteiger partial charge in [-0.2, -0.15) is 5.10 Å². The van der Waals surface area contributed by atoms with Gasteiger partial charge in [-0.25, -0.2) is 4.98 Å². The van der Waals surface area contributed by atoms with Crippen molar-refractivity contribution in [1.82, 2.24) is 25.4 Å². The van der Waals surface area contributed by atoms with Gasteiger partial charge in [0.25, 0.3) is 0 Å². The monoisotopic (exact) mass is 384 g/mol. The molecule has 0 aromatic carbocycles. The highest BCUT2D eigenvalue weighted by Gasteiger charge is 2.22. The van der Waals surface area contributed by atoms with Crippen LogP contribution in [-0.2, 0) is 20.0 Å². The van der Waals surface area contributed by atoms with Crippen molar-refractivity contribution in [1.29, 1.82) is 0 Å². The fourth-order valence-corrected chi connectivity index (χ4v) is 3.17. The number of pyridine rings is 1. The van der Waals surface area contributed by atoms with E-state index in [1.807, 2.05) is 30.1 Å². The van der Waals surface area contributed by atoms with E-state index >= 15 is 0 Å². The second-order valence-corrected chi connectivity index (χ2v) is 7.71. The van der Waals surface area contributed by atoms with E-state index in [0.717, 1.165) is 36.2 Å². The number of hydrogen-bond donors (Lipinski definition) is 2.